The van der Waals surface area contributed by atoms with Gasteiger partial charge in [0.15, 0.2) is 5.82 Å². The molecule has 2 aromatic rings. The molecule has 2 rings (SSSR count). The smallest absolute Gasteiger partial charge is 0.155 e. The summed E-state index contributed by atoms with van der Waals surface area (Å²) in [5.74, 6) is 2.03. The quantitative estimate of drug-likeness (QED) is 0.744. The summed E-state index contributed by atoms with van der Waals surface area (Å²) >= 11 is 5.73. The number of nitrogens with zero attached hydrogens (tertiary/aromatic N) is 3. The van der Waals surface area contributed by atoms with E-state index in [1.807, 2.05) is 25.2 Å². The molecule has 0 atom stereocenters. The zero-order valence-electron chi connectivity index (χ0n) is 8.52. The van der Waals surface area contributed by atoms with Crippen LogP contribution in [0.1, 0.15) is 17.2 Å². The molecule has 0 unspecified atom stereocenters. The Morgan fingerprint density at radius 3 is 2.60 bits per heavy atom. The number of hydrogen-bond donors (Lipinski definition) is 0. The Labute approximate surface area is 93.7 Å². The van der Waals surface area contributed by atoms with Crippen LogP contribution >= 0.6 is 11.6 Å². The lowest BCUT2D eigenvalue weighted by molar-refractivity contribution is 0.719. The third-order valence-corrected chi connectivity index (χ3v) is 2.46. The van der Waals surface area contributed by atoms with Crippen molar-refractivity contribution in [2.45, 2.75) is 12.3 Å². The molecule has 1 aromatic heterocycles. The molecule has 0 saturated heterocycles. The first-order chi connectivity index (χ1) is 7.29. The molecule has 0 saturated carbocycles. The number of aryl methyl sites for hydroxylation is 1. The minimum absolute atomic E-state index is 0.401. The molecule has 0 spiro atoms. The van der Waals surface area contributed by atoms with Gasteiger partial charge in [0.2, 0.25) is 0 Å². The van der Waals surface area contributed by atoms with Gasteiger partial charge in [0.05, 0.1) is 5.88 Å². The summed E-state index contributed by atoms with van der Waals surface area (Å²) in [4.78, 5) is 4.34. The number of aromatic nitrogens is 3. The average Bonchev–Trinajstić information content (AvgIpc) is 2.60. The molecule has 3 nitrogen and oxygen atoms in total. The molecule has 4 heteroatoms. The molecule has 0 aliphatic heterocycles. The van der Waals surface area contributed by atoms with Crippen LogP contribution in [0.5, 0.6) is 0 Å². The van der Waals surface area contributed by atoms with Crippen LogP contribution in [-0.4, -0.2) is 14.8 Å². The van der Waals surface area contributed by atoms with Gasteiger partial charge in [-0.2, -0.15) is 5.10 Å². The lowest BCUT2D eigenvalue weighted by atomic mass is 10.1. The van der Waals surface area contributed by atoms with E-state index in [1.165, 1.54) is 5.56 Å². The van der Waals surface area contributed by atoms with Crippen molar-refractivity contribution in [1.82, 2.24) is 14.8 Å². The van der Waals surface area contributed by atoms with Crippen LogP contribution in [0.25, 0.3) is 0 Å². The molecular weight excluding hydrogens is 210 g/mol. The Morgan fingerprint density at radius 1 is 1.27 bits per heavy atom. The van der Waals surface area contributed by atoms with Crippen molar-refractivity contribution in [3.05, 3.63) is 47.5 Å². The minimum Gasteiger partial charge on any atom is -0.252 e. The van der Waals surface area contributed by atoms with Crippen molar-refractivity contribution in [3.63, 3.8) is 0 Å². The Bertz CT molecular complexity index is 436. The van der Waals surface area contributed by atoms with E-state index in [2.05, 4.69) is 22.2 Å². The van der Waals surface area contributed by atoms with E-state index in [1.54, 1.807) is 4.68 Å². The second-order valence-electron chi connectivity index (χ2n) is 3.36. The molecule has 0 bridgehead atoms. The Hall–Kier alpha value is -1.35. The molecule has 0 amide bonds. The summed E-state index contributed by atoms with van der Waals surface area (Å²) in [7, 11) is 1.86. The molecule has 0 aliphatic rings. The summed E-state index contributed by atoms with van der Waals surface area (Å²) < 4.78 is 1.73. The summed E-state index contributed by atoms with van der Waals surface area (Å²) in [5, 5.41) is 4.30. The van der Waals surface area contributed by atoms with Crippen LogP contribution in [0.4, 0.5) is 0 Å². The van der Waals surface area contributed by atoms with E-state index in [4.69, 9.17) is 11.6 Å². The molecule has 78 valence electrons. The average molecular weight is 222 g/mol. The maximum atomic E-state index is 5.73. The molecular formula is C11H12ClN3. The van der Waals surface area contributed by atoms with Crippen LogP contribution in [-0.2, 0) is 19.3 Å². The zero-order valence-corrected chi connectivity index (χ0v) is 9.28. The maximum Gasteiger partial charge on any atom is 0.155 e. The van der Waals surface area contributed by atoms with Gasteiger partial charge in [-0.3, -0.25) is 4.68 Å². The van der Waals surface area contributed by atoms with Gasteiger partial charge in [-0.15, -0.1) is 11.6 Å². The third-order valence-electron chi connectivity index (χ3n) is 2.22. The van der Waals surface area contributed by atoms with Crippen molar-refractivity contribution in [3.8, 4) is 0 Å². The molecule has 0 aliphatic carbocycles. The van der Waals surface area contributed by atoms with Crippen LogP contribution in [0.3, 0.4) is 0 Å². The van der Waals surface area contributed by atoms with E-state index in [0.717, 1.165) is 18.1 Å². The van der Waals surface area contributed by atoms with Crippen molar-refractivity contribution in [2.75, 3.05) is 0 Å². The van der Waals surface area contributed by atoms with Gasteiger partial charge in [-0.05, 0) is 5.56 Å². The molecule has 1 aromatic carbocycles. The summed E-state index contributed by atoms with van der Waals surface area (Å²) in [6.07, 6.45) is 0.756. The topological polar surface area (TPSA) is 30.7 Å². The van der Waals surface area contributed by atoms with Crippen molar-refractivity contribution >= 4 is 11.6 Å². The number of hydrogen-bond acceptors (Lipinski definition) is 2. The fraction of sp³-hybridized carbons (Fsp3) is 0.273. The van der Waals surface area contributed by atoms with E-state index in [9.17, 15) is 0 Å². The highest BCUT2D eigenvalue weighted by Crippen LogP contribution is 2.07. The van der Waals surface area contributed by atoms with Crippen molar-refractivity contribution in [1.29, 1.82) is 0 Å². The van der Waals surface area contributed by atoms with Crippen LogP contribution in [0.15, 0.2) is 30.3 Å². The fourth-order valence-corrected chi connectivity index (χ4v) is 1.68. The van der Waals surface area contributed by atoms with Gasteiger partial charge >= 0.3 is 0 Å². The van der Waals surface area contributed by atoms with Gasteiger partial charge < -0.3 is 0 Å². The fourth-order valence-electron chi connectivity index (χ4n) is 1.44. The first-order valence-electron chi connectivity index (χ1n) is 4.78. The first kappa shape index (κ1) is 10.2. The normalized spacial score (nSPS) is 10.5. The van der Waals surface area contributed by atoms with Gasteiger partial charge in [0.1, 0.15) is 5.82 Å². The zero-order chi connectivity index (χ0) is 10.7. The summed E-state index contributed by atoms with van der Waals surface area (Å²) in [6, 6.07) is 10.2. The second-order valence-corrected chi connectivity index (χ2v) is 3.63. The second kappa shape index (κ2) is 4.45. The number of alkyl halides is 1. The molecule has 0 radical (unpaired) electrons. The van der Waals surface area contributed by atoms with Gasteiger partial charge in [0, 0.05) is 13.5 Å². The van der Waals surface area contributed by atoms with E-state index < -0.39 is 0 Å². The SMILES string of the molecule is Cn1nc(Cc2ccccc2)nc1CCl. The van der Waals surface area contributed by atoms with Crippen molar-refractivity contribution < 1.29 is 0 Å². The first-order valence-corrected chi connectivity index (χ1v) is 5.31. The maximum absolute atomic E-state index is 5.73. The lowest BCUT2D eigenvalue weighted by Crippen LogP contribution is -1.96. The Balaban J connectivity index is 2.18. The summed E-state index contributed by atoms with van der Waals surface area (Å²) in [5.41, 5.74) is 1.21. The minimum atomic E-state index is 0.401. The van der Waals surface area contributed by atoms with Crippen molar-refractivity contribution in [2.24, 2.45) is 7.05 Å². The van der Waals surface area contributed by atoms with E-state index in [0.29, 0.717) is 5.88 Å². The summed E-state index contributed by atoms with van der Waals surface area (Å²) in [6.45, 7) is 0. The largest absolute Gasteiger partial charge is 0.252 e. The van der Waals surface area contributed by atoms with E-state index in [-0.39, 0.29) is 0 Å². The number of rotatable bonds is 3. The van der Waals surface area contributed by atoms with Gasteiger partial charge in [-0.25, -0.2) is 4.98 Å². The highest BCUT2D eigenvalue weighted by atomic mass is 35.5. The highest BCUT2D eigenvalue weighted by Gasteiger charge is 2.06. The van der Waals surface area contributed by atoms with Gasteiger partial charge in [0.25, 0.3) is 0 Å². The number of halogens is 1. The molecule has 0 fully saturated rings. The molecule has 1 heterocycles. The van der Waals surface area contributed by atoms with Crippen LogP contribution < -0.4 is 0 Å². The molecule has 0 N–H and O–H groups in total. The van der Waals surface area contributed by atoms with Crippen LogP contribution in [0.2, 0.25) is 0 Å². The third kappa shape index (κ3) is 2.36. The molecule has 15 heavy (non-hydrogen) atoms. The number of benzene rings is 1. The monoisotopic (exact) mass is 221 g/mol. The standard InChI is InChI=1S/C11H12ClN3/c1-15-11(8-12)13-10(14-15)7-9-5-3-2-4-6-9/h2-6H,7-8H2,1H3. The van der Waals surface area contributed by atoms with Gasteiger partial charge in [-0.1, -0.05) is 30.3 Å². The Morgan fingerprint density at radius 2 is 2.00 bits per heavy atom. The Kier molecular flexibility index (Phi) is 3.02. The predicted molar refractivity (Wildman–Crippen MR) is 59.8 cm³/mol. The van der Waals surface area contributed by atoms with Crippen LogP contribution in [0, 0.1) is 0 Å². The predicted octanol–water partition coefficient (Wildman–Crippen LogP) is 2.14. The lowest BCUT2D eigenvalue weighted by Gasteiger charge is -1.94. The van der Waals surface area contributed by atoms with E-state index >= 15 is 0 Å². The highest BCUT2D eigenvalue weighted by molar-refractivity contribution is 6.16.